The molecule has 0 aromatic heterocycles. The Morgan fingerprint density at radius 1 is 1.33 bits per heavy atom. The van der Waals surface area contributed by atoms with E-state index >= 15 is 0 Å². The van der Waals surface area contributed by atoms with Crippen LogP contribution in [-0.4, -0.2) is 5.92 Å². The minimum absolute atomic E-state index is 0.0103. The molecule has 0 spiro atoms. The molecular formula is C16H26F2. The summed E-state index contributed by atoms with van der Waals surface area (Å²) in [5, 5.41) is 0. The highest BCUT2D eigenvalue weighted by Crippen LogP contribution is 2.25. The largest absolute Gasteiger partial charge is 0.308 e. The molecule has 104 valence electrons. The second-order valence-electron chi connectivity index (χ2n) is 5.28. The number of hydrogen-bond donors (Lipinski definition) is 0. The summed E-state index contributed by atoms with van der Waals surface area (Å²) in [6.45, 7) is 7.96. The maximum Gasteiger partial charge on any atom is 0.308 e. The van der Waals surface area contributed by atoms with Gasteiger partial charge < -0.3 is 0 Å². The van der Waals surface area contributed by atoms with Crippen LogP contribution < -0.4 is 0 Å². The molecule has 0 saturated carbocycles. The predicted molar refractivity (Wildman–Crippen MR) is 74.7 cm³/mol. The van der Waals surface area contributed by atoms with Crippen molar-refractivity contribution in [2.45, 2.75) is 72.1 Å². The Hall–Kier alpha value is -0.840. The Morgan fingerprint density at radius 3 is 2.56 bits per heavy atom. The van der Waals surface area contributed by atoms with Crippen LogP contribution in [0.15, 0.2) is 11.6 Å². The zero-order valence-electron chi connectivity index (χ0n) is 12.2. The van der Waals surface area contributed by atoms with Crippen molar-refractivity contribution in [1.29, 1.82) is 0 Å². The van der Waals surface area contributed by atoms with Crippen LogP contribution in [0.3, 0.4) is 0 Å². The maximum atomic E-state index is 13.5. The fourth-order valence-electron chi connectivity index (χ4n) is 1.70. The summed E-state index contributed by atoms with van der Waals surface area (Å²) in [5.74, 6) is 1.91. The summed E-state index contributed by atoms with van der Waals surface area (Å²) >= 11 is 0. The first-order valence-electron chi connectivity index (χ1n) is 6.88. The molecule has 0 fully saturated rings. The third-order valence-electron chi connectivity index (χ3n) is 2.74. The Morgan fingerprint density at radius 2 is 2.00 bits per heavy atom. The van der Waals surface area contributed by atoms with Crippen molar-refractivity contribution >= 4 is 0 Å². The van der Waals surface area contributed by atoms with Gasteiger partial charge in [-0.05, 0) is 44.9 Å². The zero-order chi connectivity index (χ0) is 14.0. The third kappa shape index (κ3) is 10.3. The topological polar surface area (TPSA) is 0 Å². The van der Waals surface area contributed by atoms with E-state index < -0.39 is 5.92 Å². The quantitative estimate of drug-likeness (QED) is 0.316. The minimum Gasteiger partial charge on any atom is -0.192 e. The van der Waals surface area contributed by atoms with Gasteiger partial charge in [0.05, 0.1) is 0 Å². The average molecular weight is 256 g/mol. The van der Waals surface area contributed by atoms with Crippen LogP contribution in [0.4, 0.5) is 8.78 Å². The Labute approximate surface area is 111 Å². The average Bonchev–Trinajstić information content (AvgIpc) is 2.23. The van der Waals surface area contributed by atoms with Crippen LogP contribution >= 0.6 is 0 Å². The van der Waals surface area contributed by atoms with Gasteiger partial charge in [-0.3, -0.25) is 0 Å². The Bertz CT molecular complexity index is 301. The van der Waals surface area contributed by atoms with Gasteiger partial charge in [-0.25, -0.2) is 0 Å². The molecule has 0 aliphatic carbocycles. The highest BCUT2D eigenvalue weighted by Gasteiger charge is 2.28. The lowest BCUT2D eigenvalue weighted by atomic mass is 9.97. The van der Waals surface area contributed by atoms with Gasteiger partial charge in [-0.15, -0.1) is 0 Å². The van der Waals surface area contributed by atoms with Gasteiger partial charge in [-0.1, -0.05) is 37.8 Å². The second kappa shape index (κ2) is 9.14. The molecule has 0 amide bonds. The van der Waals surface area contributed by atoms with Crippen molar-refractivity contribution in [3.8, 4) is 11.8 Å². The summed E-state index contributed by atoms with van der Waals surface area (Å²) in [6, 6.07) is 0. The van der Waals surface area contributed by atoms with E-state index in [9.17, 15) is 8.78 Å². The molecule has 0 N–H and O–H groups in total. The van der Waals surface area contributed by atoms with Crippen LogP contribution in [0.25, 0.3) is 0 Å². The van der Waals surface area contributed by atoms with E-state index in [-0.39, 0.29) is 12.3 Å². The van der Waals surface area contributed by atoms with Crippen molar-refractivity contribution < 1.29 is 8.78 Å². The molecule has 2 heteroatoms. The molecule has 0 bridgehead atoms. The summed E-state index contributed by atoms with van der Waals surface area (Å²) in [6.07, 6.45) is 6.14. The van der Waals surface area contributed by atoms with Crippen molar-refractivity contribution in [2.75, 3.05) is 0 Å². The van der Waals surface area contributed by atoms with Crippen LogP contribution in [0, 0.1) is 17.8 Å². The molecule has 0 rings (SSSR count). The number of allylic oxidation sites excluding steroid dienone is 2. The van der Waals surface area contributed by atoms with Crippen LogP contribution in [0.5, 0.6) is 0 Å². The van der Waals surface area contributed by atoms with Gasteiger partial charge in [0.15, 0.2) is 0 Å². The maximum absolute atomic E-state index is 13.5. The number of rotatable bonds is 7. The normalized spacial score (nSPS) is 12.6. The fourth-order valence-corrected chi connectivity index (χ4v) is 1.70. The molecular weight excluding hydrogens is 230 g/mol. The first-order valence-corrected chi connectivity index (χ1v) is 6.88. The highest BCUT2D eigenvalue weighted by atomic mass is 19.3. The summed E-state index contributed by atoms with van der Waals surface area (Å²) in [7, 11) is 0. The number of unbranched alkanes of at least 4 members (excludes halogenated alkanes) is 2. The van der Waals surface area contributed by atoms with E-state index in [1.54, 1.807) is 0 Å². The molecule has 0 nitrogen and oxygen atoms in total. The third-order valence-corrected chi connectivity index (χ3v) is 2.74. The molecule has 18 heavy (non-hydrogen) atoms. The number of halogens is 2. The lowest BCUT2D eigenvalue weighted by Crippen LogP contribution is -2.17. The van der Waals surface area contributed by atoms with E-state index in [2.05, 4.69) is 17.9 Å². The van der Waals surface area contributed by atoms with Gasteiger partial charge >= 0.3 is 5.92 Å². The highest BCUT2D eigenvalue weighted by molar-refractivity contribution is 5.09. The molecule has 0 heterocycles. The molecule has 0 aromatic carbocycles. The molecule has 1 unspecified atom stereocenters. The molecule has 1 atom stereocenters. The number of hydrogen-bond acceptors (Lipinski definition) is 0. The lowest BCUT2D eigenvalue weighted by Gasteiger charge is -2.15. The first-order chi connectivity index (χ1) is 8.37. The molecule has 0 radical (unpaired) electrons. The Balaban J connectivity index is 4.05. The second-order valence-corrected chi connectivity index (χ2v) is 5.28. The van der Waals surface area contributed by atoms with E-state index in [0.717, 1.165) is 25.7 Å². The van der Waals surface area contributed by atoms with Crippen molar-refractivity contribution in [3.05, 3.63) is 11.6 Å². The van der Waals surface area contributed by atoms with Crippen LogP contribution in [0.2, 0.25) is 0 Å². The molecule has 0 aliphatic rings. The van der Waals surface area contributed by atoms with E-state index in [4.69, 9.17) is 0 Å². The van der Waals surface area contributed by atoms with E-state index in [1.807, 2.05) is 27.7 Å². The van der Waals surface area contributed by atoms with Gasteiger partial charge in [-0.2, -0.15) is 8.78 Å². The van der Waals surface area contributed by atoms with Gasteiger partial charge in [0.2, 0.25) is 0 Å². The fraction of sp³-hybridized carbons (Fsp3) is 0.750. The van der Waals surface area contributed by atoms with E-state index in [0.29, 0.717) is 6.42 Å². The molecule has 0 saturated heterocycles. The van der Waals surface area contributed by atoms with Crippen LogP contribution in [-0.2, 0) is 0 Å². The van der Waals surface area contributed by atoms with Gasteiger partial charge in [0, 0.05) is 12.8 Å². The lowest BCUT2D eigenvalue weighted by molar-refractivity contribution is 0.0395. The zero-order valence-corrected chi connectivity index (χ0v) is 12.2. The summed E-state index contributed by atoms with van der Waals surface area (Å²) in [4.78, 5) is 0. The van der Waals surface area contributed by atoms with Crippen molar-refractivity contribution in [2.24, 2.45) is 5.92 Å². The minimum atomic E-state index is -2.82. The van der Waals surface area contributed by atoms with Gasteiger partial charge in [0.1, 0.15) is 0 Å². The van der Waals surface area contributed by atoms with Crippen molar-refractivity contribution in [3.63, 3.8) is 0 Å². The summed E-state index contributed by atoms with van der Waals surface area (Å²) < 4.78 is 27.0. The predicted octanol–water partition coefficient (Wildman–Crippen LogP) is 5.59. The smallest absolute Gasteiger partial charge is 0.192 e. The first kappa shape index (κ1) is 17.2. The standard InChI is InChI=1S/C16H26F2/c1-5-6-7-8-12-16(17,18)13-15(4)11-9-10-14(2)3/h10,15H,5-7,9,11,13H2,1-4H3. The monoisotopic (exact) mass is 256 g/mol. The number of alkyl halides is 2. The van der Waals surface area contributed by atoms with E-state index in [1.165, 1.54) is 5.57 Å². The summed E-state index contributed by atoms with van der Waals surface area (Å²) in [5.41, 5.74) is 1.24. The van der Waals surface area contributed by atoms with Crippen molar-refractivity contribution in [1.82, 2.24) is 0 Å². The molecule has 0 aliphatic heterocycles. The Kier molecular flexibility index (Phi) is 8.71. The van der Waals surface area contributed by atoms with Gasteiger partial charge in [0.25, 0.3) is 0 Å². The van der Waals surface area contributed by atoms with Crippen LogP contribution in [0.1, 0.15) is 66.2 Å². The SMILES string of the molecule is CCCCC#CC(F)(F)CC(C)CCC=C(C)C. The molecule has 0 aromatic rings.